The molecule has 0 bridgehead atoms. The molecule has 1 rings (SSSR count). The van der Waals surface area contributed by atoms with Crippen molar-refractivity contribution in [2.45, 2.75) is 12.3 Å². The van der Waals surface area contributed by atoms with Crippen molar-refractivity contribution in [2.75, 3.05) is 0 Å². The van der Waals surface area contributed by atoms with Crippen LogP contribution < -0.4 is 0 Å². The van der Waals surface area contributed by atoms with Gasteiger partial charge in [-0.15, -0.1) is 0 Å². The maximum atomic E-state index is 13.2. The van der Waals surface area contributed by atoms with Gasteiger partial charge in [0, 0.05) is 10.0 Å². The number of aliphatic hydroxyl groups excluding tert-OH is 1. The second-order valence-electron chi connectivity index (χ2n) is 2.85. The lowest BCUT2D eigenvalue weighted by atomic mass is 10.1. The van der Waals surface area contributed by atoms with E-state index in [4.69, 9.17) is 5.11 Å². The van der Waals surface area contributed by atoms with Gasteiger partial charge >= 0.3 is 5.97 Å². The van der Waals surface area contributed by atoms with Crippen molar-refractivity contribution in [2.24, 2.45) is 0 Å². The first-order chi connectivity index (χ1) is 6.93. The van der Waals surface area contributed by atoms with Crippen LogP contribution in [0.25, 0.3) is 0 Å². The van der Waals surface area contributed by atoms with Crippen LogP contribution in [-0.4, -0.2) is 22.4 Å². The Kier molecular flexibility index (Phi) is 3.76. The van der Waals surface area contributed by atoms with Gasteiger partial charge in [-0.25, -0.2) is 13.6 Å². The summed E-state index contributed by atoms with van der Waals surface area (Å²) in [5, 5.41) is 17.5. The van der Waals surface area contributed by atoms with Crippen LogP contribution in [0.3, 0.4) is 0 Å². The zero-order chi connectivity index (χ0) is 11.6. The highest BCUT2D eigenvalue weighted by atomic mass is 79.9. The van der Waals surface area contributed by atoms with E-state index < -0.39 is 24.1 Å². The number of halogens is 3. The Morgan fingerprint density at radius 3 is 2.53 bits per heavy atom. The highest BCUT2D eigenvalue weighted by Gasteiger charge is 2.29. The molecule has 2 unspecified atom stereocenters. The number of carboxylic acid groups (broad SMARTS) is 1. The third-order valence-electron chi connectivity index (χ3n) is 1.79. The molecular weight excluding hydrogens is 274 g/mol. The molecule has 2 atom stereocenters. The van der Waals surface area contributed by atoms with E-state index in [1.807, 2.05) is 0 Å². The first-order valence-electron chi connectivity index (χ1n) is 3.93. The van der Waals surface area contributed by atoms with E-state index in [0.717, 1.165) is 12.1 Å². The number of hydrogen-bond donors (Lipinski definition) is 2. The summed E-state index contributed by atoms with van der Waals surface area (Å²) in [7, 11) is 0. The maximum absolute atomic E-state index is 13.2. The Labute approximate surface area is 92.5 Å². The SMILES string of the molecule is O=C(O)C(F)C(O)c1ccc(Br)cc1F. The van der Waals surface area contributed by atoms with E-state index in [1.54, 1.807) is 0 Å². The number of alkyl halides is 1. The van der Waals surface area contributed by atoms with Gasteiger partial charge in [0.05, 0.1) is 0 Å². The van der Waals surface area contributed by atoms with E-state index in [0.29, 0.717) is 4.47 Å². The fourth-order valence-electron chi connectivity index (χ4n) is 1.03. The van der Waals surface area contributed by atoms with Gasteiger partial charge in [0.1, 0.15) is 11.9 Å². The quantitative estimate of drug-likeness (QED) is 0.891. The van der Waals surface area contributed by atoms with E-state index in [-0.39, 0.29) is 5.56 Å². The molecule has 0 spiro atoms. The molecule has 1 aromatic rings. The summed E-state index contributed by atoms with van der Waals surface area (Å²) in [5.74, 6) is -2.69. The van der Waals surface area contributed by atoms with Crippen LogP contribution in [0.5, 0.6) is 0 Å². The van der Waals surface area contributed by atoms with Crippen LogP contribution in [0.15, 0.2) is 22.7 Å². The highest BCUT2D eigenvalue weighted by molar-refractivity contribution is 9.10. The summed E-state index contributed by atoms with van der Waals surface area (Å²) in [6, 6.07) is 3.53. The number of carbonyl (C=O) groups is 1. The molecule has 6 heteroatoms. The molecule has 2 N–H and O–H groups in total. The van der Waals surface area contributed by atoms with Crippen LogP contribution in [0.2, 0.25) is 0 Å². The molecule has 0 heterocycles. The minimum atomic E-state index is -2.54. The zero-order valence-corrected chi connectivity index (χ0v) is 8.91. The summed E-state index contributed by atoms with van der Waals surface area (Å²) in [6.07, 6.45) is -4.55. The lowest BCUT2D eigenvalue weighted by Crippen LogP contribution is -2.23. The highest BCUT2D eigenvalue weighted by Crippen LogP contribution is 2.24. The molecule has 0 aliphatic heterocycles. The van der Waals surface area contributed by atoms with E-state index in [2.05, 4.69) is 15.9 Å². The summed E-state index contributed by atoms with van der Waals surface area (Å²) in [4.78, 5) is 10.2. The molecule has 15 heavy (non-hydrogen) atoms. The Bertz CT molecular complexity index is 384. The molecule has 3 nitrogen and oxygen atoms in total. The molecule has 0 radical (unpaired) electrons. The number of carboxylic acids is 1. The Hall–Kier alpha value is -1.01. The van der Waals surface area contributed by atoms with Gasteiger partial charge in [0.2, 0.25) is 6.17 Å². The summed E-state index contributed by atoms with van der Waals surface area (Å²) >= 11 is 2.98. The number of hydrogen-bond acceptors (Lipinski definition) is 2. The Morgan fingerprint density at radius 1 is 1.47 bits per heavy atom. The van der Waals surface area contributed by atoms with E-state index in [9.17, 15) is 18.7 Å². The van der Waals surface area contributed by atoms with Crippen LogP contribution in [0, 0.1) is 5.82 Å². The minimum absolute atomic E-state index is 0.381. The average molecular weight is 281 g/mol. The Balaban J connectivity index is 3.01. The van der Waals surface area contributed by atoms with Crippen molar-refractivity contribution < 1.29 is 23.8 Å². The second-order valence-corrected chi connectivity index (χ2v) is 3.77. The van der Waals surface area contributed by atoms with Crippen LogP contribution in [0.1, 0.15) is 11.7 Å². The minimum Gasteiger partial charge on any atom is -0.479 e. The first-order valence-corrected chi connectivity index (χ1v) is 4.72. The predicted octanol–water partition coefficient (Wildman–Crippen LogP) is 2.04. The smallest absolute Gasteiger partial charge is 0.341 e. The maximum Gasteiger partial charge on any atom is 0.341 e. The van der Waals surface area contributed by atoms with Crippen molar-refractivity contribution in [3.05, 3.63) is 34.1 Å². The molecule has 0 aliphatic carbocycles. The molecular formula is C9H7BrF2O3. The van der Waals surface area contributed by atoms with Gasteiger partial charge in [-0.2, -0.15) is 0 Å². The average Bonchev–Trinajstić information content (AvgIpc) is 2.15. The van der Waals surface area contributed by atoms with Gasteiger partial charge in [-0.3, -0.25) is 0 Å². The lowest BCUT2D eigenvalue weighted by Gasteiger charge is -2.13. The molecule has 0 fully saturated rings. The monoisotopic (exact) mass is 280 g/mol. The fraction of sp³-hybridized carbons (Fsp3) is 0.222. The first kappa shape index (κ1) is 12.1. The number of aliphatic hydroxyl groups is 1. The third kappa shape index (κ3) is 2.73. The van der Waals surface area contributed by atoms with Crippen molar-refractivity contribution in [3.63, 3.8) is 0 Å². The van der Waals surface area contributed by atoms with Gasteiger partial charge in [0.25, 0.3) is 0 Å². The van der Waals surface area contributed by atoms with Gasteiger partial charge in [0.15, 0.2) is 0 Å². The summed E-state index contributed by atoms with van der Waals surface area (Å²) < 4.78 is 26.5. The third-order valence-corrected chi connectivity index (χ3v) is 2.29. The molecule has 1 aromatic carbocycles. The molecule has 0 saturated heterocycles. The topological polar surface area (TPSA) is 57.5 Å². The van der Waals surface area contributed by atoms with Gasteiger partial charge in [-0.05, 0) is 12.1 Å². The van der Waals surface area contributed by atoms with Gasteiger partial charge < -0.3 is 10.2 Å². The standard InChI is InChI=1S/C9H7BrF2O3/c10-4-1-2-5(6(11)3-4)8(13)7(12)9(14)15/h1-3,7-8,13H,(H,14,15). The molecule has 82 valence electrons. The van der Waals surface area contributed by atoms with Crippen LogP contribution >= 0.6 is 15.9 Å². The van der Waals surface area contributed by atoms with Gasteiger partial charge in [-0.1, -0.05) is 22.0 Å². The molecule has 0 aliphatic rings. The molecule has 0 saturated carbocycles. The van der Waals surface area contributed by atoms with E-state index in [1.165, 1.54) is 6.07 Å². The molecule has 0 aromatic heterocycles. The number of aliphatic carboxylic acids is 1. The zero-order valence-electron chi connectivity index (χ0n) is 7.32. The second kappa shape index (κ2) is 4.67. The normalized spacial score (nSPS) is 14.7. The van der Waals surface area contributed by atoms with E-state index >= 15 is 0 Å². The van der Waals surface area contributed by atoms with Crippen molar-refractivity contribution in [1.29, 1.82) is 0 Å². The van der Waals surface area contributed by atoms with Crippen molar-refractivity contribution >= 4 is 21.9 Å². The number of benzene rings is 1. The lowest BCUT2D eigenvalue weighted by molar-refractivity contribution is -0.147. The van der Waals surface area contributed by atoms with Crippen molar-refractivity contribution in [1.82, 2.24) is 0 Å². The van der Waals surface area contributed by atoms with Crippen molar-refractivity contribution in [3.8, 4) is 0 Å². The van der Waals surface area contributed by atoms with Crippen LogP contribution in [0.4, 0.5) is 8.78 Å². The summed E-state index contributed by atoms with van der Waals surface area (Å²) in [5.41, 5.74) is -0.381. The van der Waals surface area contributed by atoms with Crippen LogP contribution in [-0.2, 0) is 4.79 Å². The largest absolute Gasteiger partial charge is 0.479 e. The Morgan fingerprint density at radius 2 is 2.07 bits per heavy atom. The fourth-order valence-corrected chi connectivity index (χ4v) is 1.37. The summed E-state index contributed by atoms with van der Waals surface area (Å²) in [6.45, 7) is 0. The molecule has 0 amide bonds. The number of rotatable bonds is 3. The predicted molar refractivity (Wildman–Crippen MR) is 51.6 cm³/mol.